The van der Waals surface area contributed by atoms with Crippen molar-refractivity contribution < 1.29 is 19.8 Å². The summed E-state index contributed by atoms with van der Waals surface area (Å²) in [5.74, 6) is -0.00151. The summed E-state index contributed by atoms with van der Waals surface area (Å²) in [4.78, 5) is 24.5. The van der Waals surface area contributed by atoms with Crippen molar-refractivity contribution in [3.05, 3.63) is 34.4 Å². The van der Waals surface area contributed by atoms with Crippen LogP contribution in [0.1, 0.15) is 103 Å². The molecule has 0 spiro atoms. The average Bonchev–Trinajstić information content (AvgIpc) is 2.63. The second-order valence-electron chi connectivity index (χ2n) is 9.64. The number of aryl methyl sites for hydroxylation is 1. The number of hydrogen-bond donors (Lipinski definition) is 2. The molecule has 4 fully saturated rings. The Bertz CT molecular complexity index is 744. The first-order valence-corrected chi connectivity index (χ1v) is 11.1. The Labute approximate surface area is 167 Å². The van der Waals surface area contributed by atoms with Crippen molar-refractivity contribution in [2.45, 2.75) is 83.0 Å². The van der Waals surface area contributed by atoms with E-state index >= 15 is 0 Å². The van der Waals surface area contributed by atoms with Crippen molar-refractivity contribution in [1.82, 2.24) is 0 Å². The van der Waals surface area contributed by atoms with E-state index in [1.165, 1.54) is 19.3 Å². The van der Waals surface area contributed by atoms with Gasteiger partial charge in [0.25, 0.3) is 0 Å². The lowest BCUT2D eigenvalue weighted by Gasteiger charge is -2.57. The molecule has 0 heterocycles. The van der Waals surface area contributed by atoms with Crippen LogP contribution < -0.4 is 0 Å². The van der Waals surface area contributed by atoms with Gasteiger partial charge in [0.05, 0.1) is 11.1 Å². The first-order chi connectivity index (χ1) is 13.4. The highest BCUT2D eigenvalue weighted by molar-refractivity contribution is 5.98. The Morgan fingerprint density at radius 2 is 1.54 bits per heavy atom. The number of hydrogen-bond acceptors (Lipinski definition) is 2. The van der Waals surface area contributed by atoms with Gasteiger partial charge in [0.2, 0.25) is 0 Å². The summed E-state index contributed by atoms with van der Waals surface area (Å²) < 4.78 is 0. The summed E-state index contributed by atoms with van der Waals surface area (Å²) in [6.45, 7) is 2.16. The molecule has 1 aromatic rings. The zero-order valence-electron chi connectivity index (χ0n) is 16.9. The molecular weight excluding hydrogens is 352 g/mol. The molecule has 4 bridgehead atoms. The van der Waals surface area contributed by atoms with E-state index in [2.05, 4.69) is 6.92 Å². The molecule has 0 saturated heterocycles. The number of unbranched alkanes of at least 4 members (excludes halogenated alkanes) is 3. The van der Waals surface area contributed by atoms with Crippen LogP contribution in [0.3, 0.4) is 0 Å². The third kappa shape index (κ3) is 3.35. The summed E-state index contributed by atoms with van der Waals surface area (Å²) in [6, 6.07) is 3.46. The summed E-state index contributed by atoms with van der Waals surface area (Å²) in [5.41, 5.74) is 1.81. The van der Waals surface area contributed by atoms with Crippen LogP contribution in [0.5, 0.6) is 0 Å². The highest BCUT2D eigenvalue weighted by Crippen LogP contribution is 2.61. The van der Waals surface area contributed by atoms with Gasteiger partial charge in [-0.25, -0.2) is 9.59 Å². The van der Waals surface area contributed by atoms with Crippen LogP contribution in [0.15, 0.2) is 12.1 Å². The van der Waals surface area contributed by atoms with Gasteiger partial charge in [-0.15, -0.1) is 0 Å². The molecule has 152 valence electrons. The molecule has 4 heteroatoms. The highest BCUT2D eigenvalue weighted by atomic mass is 16.4. The minimum absolute atomic E-state index is 0.233. The Kier molecular flexibility index (Phi) is 5.24. The van der Waals surface area contributed by atoms with Crippen LogP contribution in [-0.2, 0) is 11.8 Å². The van der Waals surface area contributed by atoms with Crippen molar-refractivity contribution in [2.75, 3.05) is 0 Å². The average molecular weight is 385 g/mol. The maximum Gasteiger partial charge on any atom is 0.336 e. The second kappa shape index (κ2) is 7.53. The Balaban J connectivity index is 1.80. The van der Waals surface area contributed by atoms with Gasteiger partial charge >= 0.3 is 11.9 Å². The van der Waals surface area contributed by atoms with Gasteiger partial charge in [-0.2, -0.15) is 0 Å². The SMILES string of the molecule is CCCCCCc1ccc(C(=O)O)c(C23CC4CC(CC(C4)C2)C3)c1C(=O)O. The van der Waals surface area contributed by atoms with Crippen molar-refractivity contribution in [2.24, 2.45) is 17.8 Å². The molecule has 5 rings (SSSR count). The maximum absolute atomic E-state index is 12.4. The van der Waals surface area contributed by atoms with E-state index < -0.39 is 11.9 Å². The number of carboxylic acid groups (broad SMARTS) is 2. The largest absolute Gasteiger partial charge is 0.478 e. The molecule has 0 amide bonds. The Morgan fingerprint density at radius 1 is 0.929 bits per heavy atom. The monoisotopic (exact) mass is 384 g/mol. The van der Waals surface area contributed by atoms with E-state index in [0.717, 1.165) is 56.9 Å². The molecule has 2 N–H and O–H groups in total. The molecule has 4 aliphatic rings. The van der Waals surface area contributed by atoms with E-state index in [9.17, 15) is 19.8 Å². The molecular formula is C24H32O4. The van der Waals surface area contributed by atoms with Crippen LogP contribution in [0, 0.1) is 17.8 Å². The first-order valence-electron chi connectivity index (χ1n) is 11.1. The number of aromatic carboxylic acids is 2. The maximum atomic E-state index is 12.4. The van der Waals surface area contributed by atoms with Gasteiger partial charge in [0.1, 0.15) is 0 Å². The molecule has 4 aliphatic carbocycles. The Hall–Kier alpha value is -1.84. The summed E-state index contributed by atoms with van der Waals surface area (Å²) in [7, 11) is 0. The number of carbonyl (C=O) groups is 2. The summed E-state index contributed by atoms with van der Waals surface area (Å²) >= 11 is 0. The molecule has 0 aliphatic heterocycles. The van der Waals surface area contributed by atoms with Crippen molar-refractivity contribution in [3.63, 3.8) is 0 Å². The van der Waals surface area contributed by atoms with E-state index in [0.29, 0.717) is 28.9 Å². The van der Waals surface area contributed by atoms with E-state index in [4.69, 9.17) is 0 Å². The third-order valence-electron chi connectivity index (χ3n) is 7.60. The molecule has 1 aromatic carbocycles. The third-order valence-corrected chi connectivity index (χ3v) is 7.60. The molecule has 0 radical (unpaired) electrons. The van der Waals surface area contributed by atoms with Crippen LogP contribution in [-0.4, -0.2) is 22.2 Å². The molecule has 4 nitrogen and oxygen atoms in total. The minimum Gasteiger partial charge on any atom is -0.478 e. The lowest BCUT2D eigenvalue weighted by atomic mass is 9.47. The van der Waals surface area contributed by atoms with Gasteiger partial charge in [0.15, 0.2) is 0 Å². The predicted molar refractivity (Wildman–Crippen MR) is 108 cm³/mol. The second-order valence-corrected chi connectivity index (χ2v) is 9.64. The zero-order valence-corrected chi connectivity index (χ0v) is 16.9. The fourth-order valence-corrected chi connectivity index (χ4v) is 6.99. The Morgan fingerprint density at radius 3 is 2.04 bits per heavy atom. The summed E-state index contributed by atoms with van der Waals surface area (Å²) in [6.07, 6.45) is 11.7. The smallest absolute Gasteiger partial charge is 0.336 e. The molecule has 0 atom stereocenters. The zero-order chi connectivity index (χ0) is 19.9. The quantitative estimate of drug-likeness (QED) is 0.566. The van der Waals surface area contributed by atoms with Crippen LogP contribution in [0.2, 0.25) is 0 Å². The fraction of sp³-hybridized carbons (Fsp3) is 0.667. The first kappa shape index (κ1) is 19.5. The lowest BCUT2D eigenvalue weighted by Crippen LogP contribution is -2.49. The number of benzene rings is 1. The van der Waals surface area contributed by atoms with E-state index in [1.807, 2.05) is 0 Å². The van der Waals surface area contributed by atoms with Gasteiger partial charge < -0.3 is 10.2 Å². The molecule has 4 saturated carbocycles. The predicted octanol–water partition coefficient (Wildman–Crippen LogP) is 5.67. The van der Waals surface area contributed by atoms with E-state index in [1.54, 1.807) is 12.1 Å². The van der Waals surface area contributed by atoms with Gasteiger partial charge in [0, 0.05) is 0 Å². The van der Waals surface area contributed by atoms with Gasteiger partial charge in [-0.05, 0) is 91.7 Å². The van der Waals surface area contributed by atoms with Gasteiger partial charge in [-0.3, -0.25) is 0 Å². The van der Waals surface area contributed by atoms with Crippen molar-refractivity contribution >= 4 is 11.9 Å². The number of carboxylic acids is 2. The van der Waals surface area contributed by atoms with Crippen LogP contribution >= 0.6 is 0 Å². The minimum atomic E-state index is -0.981. The van der Waals surface area contributed by atoms with Crippen LogP contribution in [0.25, 0.3) is 0 Å². The topological polar surface area (TPSA) is 74.6 Å². The van der Waals surface area contributed by atoms with Crippen molar-refractivity contribution in [3.8, 4) is 0 Å². The van der Waals surface area contributed by atoms with Crippen molar-refractivity contribution in [1.29, 1.82) is 0 Å². The van der Waals surface area contributed by atoms with E-state index in [-0.39, 0.29) is 11.0 Å². The standard InChI is InChI=1S/C24H32O4/c1-2-3-4-5-6-18-7-8-19(22(25)26)21(20(18)23(27)28)24-12-15-9-16(13-24)11-17(10-15)14-24/h7-8,15-17H,2-6,9-14H2,1H3,(H,25,26)(H,27,28). The highest BCUT2D eigenvalue weighted by Gasteiger charge is 2.53. The lowest BCUT2D eigenvalue weighted by molar-refractivity contribution is -0.00649. The normalized spacial score (nSPS) is 30.5. The molecule has 0 unspecified atom stereocenters. The summed E-state index contributed by atoms with van der Waals surface area (Å²) in [5, 5.41) is 20.1. The molecule has 28 heavy (non-hydrogen) atoms. The molecule has 0 aromatic heterocycles. The fourth-order valence-electron chi connectivity index (χ4n) is 6.99. The number of rotatable bonds is 8. The van der Waals surface area contributed by atoms with Gasteiger partial charge in [-0.1, -0.05) is 32.3 Å². The van der Waals surface area contributed by atoms with Crippen LogP contribution in [0.4, 0.5) is 0 Å².